The lowest BCUT2D eigenvalue weighted by Gasteiger charge is -2.18. The number of amides is 2. The van der Waals surface area contributed by atoms with E-state index in [2.05, 4.69) is 15.6 Å². The van der Waals surface area contributed by atoms with E-state index >= 15 is 0 Å². The second-order valence-corrected chi connectivity index (χ2v) is 7.05. The van der Waals surface area contributed by atoms with Crippen molar-refractivity contribution in [2.24, 2.45) is 5.92 Å². The number of likely N-dealkylation sites (tertiary alicyclic amines) is 1. The van der Waals surface area contributed by atoms with Gasteiger partial charge >= 0.3 is 0 Å². The maximum atomic E-state index is 12.6. The van der Waals surface area contributed by atoms with Gasteiger partial charge in [-0.15, -0.1) is 5.10 Å². The summed E-state index contributed by atoms with van der Waals surface area (Å²) in [5.74, 6) is 0.0114. The van der Waals surface area contributed by atoms with Crippen LogP contribution >= 0.6 is 0 Å². The monoisotopic (exact) mass is 341 g/mol. The third kappa shape index (κ3) is 3.36. The van der Waals surface area contributed by atoms with Crippen molar-refractivity contribution in [1.82, 2.24) is 25.2 Å². The minimum absolute atomic E-state index is 0.00757. The molecule has 1 aliphatic heterocycles. The Labute approximate surface area is 146 Å². The zero-order chi connectivity index (χ0) is 17.2. The number of hydrogen-bond acceptors (Lipinski definition) is 4. The van der Waals surface area contributed by atoms with Crippen LogP contribution in [-0.4, -0.2) is 50.8 Å². The Balaban J connectivity index is 1.34. The molecule has 1 aliphatic carbocycles. The van der Waals surface area contributed by atoms with Crippen LogP contribution in [0.25, 0.3) is 11.0 Å². The van der Waals surface area contributed by atoms with Crippen LogP contribution < -0.4 is 5.32 Å². The lowest BCUT2D eigenvalue weighted by Crippen LogP contribution is -2.39. The molecule has 0 bridgehead atoms. The van der Waals surface area contributed by atoms with Gasteiger partial charge in [0.05, 0.1) is 11.4 Å². The van der Waals surface area contributed by atoms with E-state index < -0.39 is 0 Å². The Morgan fingerprint density at radius 1 is 1.16 bits per heavy atom. The number of carbonyl (C=O) groups is 2. The second kappa shape index (κ2) is 6.82. The Morgan fingerprint density at radius 3 is 2.80 bits per heavy atom. The first-order valence-electron chi connectivity index (χ1n) is 9.07. The molecule has 2 fully saturated rings. The summed E-state index contributed by atoms with van der Waals surface area (Å²) in [6, 6.07) is 7.93. The van der Waals surface area contributed by atoms with Crippen molar-refractivity contribution in [3.05, 3.63) is 24.3 Å². The van der Waals surface area contributed by atoms with E-state index in [9.17, 15) is 9.59 Å². The molecule has 25 heavy (non-hydrogen) atoms. The summed E-state index contributed by atoms with van der Waals surface area (Å²) >= 11 is 0. The fourth-order valence-corrected chi connectivity index (χ4v) is 3.85. The summed E-state index contributed by atoms with van der Waals surface area (Å²) in [5.41, 5.74) is 1.64. The fourth-order valence-electron chi connectivity index (χ4n) is 3.85. The zero-order valence-corrected chi connectivity index (χ0v) is 14.2. The first-order valence-corrected chi connectivity index (χ1v) is 9.07. The van der Waals surface area contributed by atoms with Gasteiger partial charge in [0, 0.05) is 19.1 Å². The minimum atomic E-state index is -0.0861. The number of rotatable bonds is 4. The third-order valence-corrected chi connectivity index (χ3v) is 5.32. The number of nitrogens with one attached hydrogen (secondary N) is 1. The number of aromatic nitrogens is 3. The highest BCUT2D eigenvalue weighted by Gasteiger charge is 2.32. The van der Waals surface area contributed by atoms with Crippen LogP contribution in [0, 0.1) is 5.92 Å². The molecule has 2 heterocycles. The molecule has 0 unspecified atom stereocenters. The number of nitrogens with zero attached hydrogens (tertiary/aromatic N) is 4. The maximum Gasteiger partial charge on any atom is 0.244 e. The summed E-state index contributed by atoms with van der Waals surface area (Å²) in [4.78, 5) is 26.7. The van der Waals surface area contributed by atoms with Crippen LogP contribution in [0.3, 0.4) is 0 Å². The number of para-hydroxylation sites is 1. The molecule has 7 heteroatoms. The van der Waals surface area contributed by atoms with Crippen LogP contribution in [-0.2, 0) is 16.1 Å². The molecule has 0 spiro atoms. The van der Waals surface area contributed by atoms with E-state index in [1.165, 1.54) is 12.8 Å². The van der Waals surface area contributed by atoms with Gasteiger partial charge in [0.2, 0.25) is 11.8 Å². The van der Waals surface area contributed by atoms with Crippen molar-refractivity contribution in [2.45, 2.75) is 44.7 Å². The third-order valence-electron chi connectivity index (χ3n) is 5.32. The van der Waals surface area contributed by atoms with Gasteiger partial charge in [0.15, 0.2) is 0 Å². The normalized spacial score (nSPS) is 21.1. The highest BCUT2D eigenvalue weighted by Crippen LogP contribution is 2.21. The minimum Gasteiger partial charge on any atom is -0.353 e. The molecule has 4 rings (SSSR count). The van der Waals surface area contributed by atoms with E-state index in [4.69, 9.17) is 0 Å². The Bertz CT molecular complexity index is 781. The highest BCUT2D eigenvalue weighted by molar-refractivity contribution is 5.83. The molecule has 1 aromatic heterocycles. The predicted molar refractivity (Wildman–Crippen MR) is 92.6 cm³/mol. The molecule has 2 amide bonds. The molecule has 7 nitrogen and oxygen atoms in total. The number of benzene rings is 1. The number of carbonyl (C=O) groups excluding carboxylic acids is 2. The van der Waals surface area contributed by atoms with Crippen LogP contribution in [0.1, 0.15) is 32.1 Å². The van der Waals surface area contributed by atoms with Gasteiger partial charge in [0.25, 0.3) is 0 Å². The summed E-state index contributed by atoms with van der Waals surface area (Å²) < 4.78 is 1.63. The molecular formula is C18H23N5O2. The van der Waals surface area contributed by atoms with E-state index in [0.29, 0.717) is 19.1 Å². The first-order chi connectivity index (χ1) is 12.2. The quantitative estimate of drug-likeness (QED) is 0.910. The summed E-state index contributed by atoms with van der Waals surface area (Å²) in [7, 11) is 0. The van der Waals surface area contributed by atoms with Crippen LogP contribution in [0.15, 0.2) is 24.3 Å². The van der Waals surface area contributed by atoms with Crippen molar-refractivity contribution in [2.75, 3.05) is 13.1 Å². The number of fused-ring (bicyclic) bond motifs is 1. The molecule has 2 aromatic rings. The lowest BCUT2D eigenvalue weighted by molar-refractivity contribution is -0.131. The van der Waals surface area contributed by atoms with Crippen LogP contribution in [0.2, 0.25) is 0 Å². The molecule has 1 saturated heterocycles. The molecule has 1 saturated carbocycles. The average Bonchev–Trinajstić information content (AvgIpc) is 3.36. The van der Waals surface area contributed by atoms with E-state index in [1.54, 1.807) is 9.58 Å². The first kappa shape index (κ1) is 16.1. The fraction of sp³-hybridized carbons (Fsp3) is 0.556. The standard InChI is InChI=1S/C18H23N5O2/c24-17(12-23-16-8-4-3-7-15(16)20-21-23)22-10-9-13(11-22)18(25)19-14-5-1-2-6-14/h3-4,7-8,13-14H,1-2,5-6,9-12H2,(H,19,25)/t13-/m0/s1. The molecular weight excluding hydrogens is 318 g/mol. The smallest absolute Gasteiger partial charge is 0.244 e. The van der Waals surface area contributed by atoms with Gasteiger partial charge in [0.1, 0.15) is 12.1 Å². The maximum absolute atomic E-state index is 12.6. The van der Waals surface area contributed by atoms with E-state index in [1.807, 2.05) is 24.3 Å². The molecule has 1 atom stereocenters. The Kier molecular flexibility index (Phi) is 4.38. The average molecular weight is 341 g/mol. The van der Waals surface area contributed by atoms with Crippen molar-refractivity contribution in [3.8, 4) is 0 Å². The van der Waals surface area contributed by atoms with Gasteiger partial charge < -0.3 is 10.2 Å². The lowest BCUT2D eigenvalue weighted by atomic mass is 10.1. The van der Waals surface area contributed by atoms with E-state index in [-0.39, 0.29) is 24.3 Å². The van der Waals surface area contributed by atoms with Gasteiger partial charge in [-0.2, -0.15) is 0 Å². The highest BCUT2D eigenvalue weighted by atomic mass is 16.2. The van der Waals surface area contributed by atoms with Crippen molar-refractivity contribution < 1.29 is 9.59 Å². The summed E-state index contributed by atoms with van der Waals surface area (Å²) in [6.07, 6.45) is 5.31. The topological polar surface area (TPSA) is 80.1 Å². The molecule has 2 aliphatic rings. The van der Waals surface area contributed by atoms with Gasteiger partial charge in [-0.3, -0.25) is 9.59 Å². The zero-order valence-electron chi connectivity index (χ0n) is 14.2. The van der Waals surface area contributed by atoms with Crippen molar-refractivity contribution >= 4 is 22.8 Å². The van der Waals surface area contributed by atoms with Gasteiger partial charge in [-0.25, -0.2) is 4.68 Å². The molecule has 132 valence electrons. The summed E-state index contributed by atoms with van der Waals surface area (Å²) in [5, 5.41) is 11.3. The predicted octanol–water partition coefficient (Wildman–Crippen LogP) is 1.34. The van der Waals surface area contributed by atoms with Crippen molar-refractivity contribution in [1.29, 1.82) is 0 Å². The molecule has 1 aromatic carbocycles. The number of hydrogen-bond donors (Lipinski definition) is 1. The molecule has 1 N–H and O–H groups in total. The van der Waals surface area contributed by atoms with Gasteiger partial charge in [-0.1, -0.05) is 30.2 Å². The second-order valence-electron chi connectivity index (χ2n) is 7.05. The SMILES string of the molecule is O=C(NC1CCCC1)[C@H]1CCN(C(=O)Cn2nnc3ccccc32)C1. The largest absolute Gasteiger partial charge is 0.353 e. The Hall–Kier alpha value is -2.44. The summed E-state index contributed by atoms with van der Waals surface area (Å²) in [6.45, 7) is 1.30. The van der Waals surface area contributed by atoms with Crippen LogP contribution in [0.4, 0.5) is 0 Å². The van der Waals surface area contributed by atoms with Crippen LogP contribution in [0.5, 0.6) is 0 Å². The molecule has 0 radical (unpaired) electrons. The Morgan fingerprint density at radius 2 is 1.96 bits per heavy atom. The van der Waals surface area contributed by atoms with E-state index in [0.717, 1.165) is 30.3 Å². The van der Waals surface area contributed by atoms with Gasteiger partial charge in [-0.05, 0) is 31.4 Å². The van der Waals surface area contributed by atoms with Crippen molar-refractivity contribution in [3.63, 3.8) is 0 Å².